The fraction of sp³-hybridized carbons (Fsp3) is 0.222. The van der Waals surface area contributed by atoms with Gasteiger partial charge in [-0.05, 0) is 24.3 Å². The number of nitrogens with one attached hydrogen (secondary N) is 2. The molecule has 0 aliphatic carbocycles. The minimum absolute atomic E-state index is 0.175. The van der Waals surface area contributed by atoms with Crippen molar-refractivity contribution in [3.05, 3.63) is 47.0 Å². The number of hydrogen-bond acceptors (Lipinski definition) is 4. The smallest absolute Gasteiger partial charge is 0.321 e. The largest absolute Gasteiger partial charge is 0.495 e. The van der Waals surface area contributed by atoms with Crippen molar-refractivity contribution >= 4 is 34.9 Å². The van der Waals surface area contributed by atoms with E-state index in [0.717, 1.165) is 0 Å². The van der Waals surface area contributed by atoms with E-state index < -0.39 is 0 Å². The lowest BCUT2D eigenvalue weighted by Gasteiger charge is -2.16. The van der Waals surface area contributed by atoms with Gasteiger partial charge in [0.05, 0.1) is 24.9 Å². The summed E-state index contributed by atoms with van der Waals surface area (Å²) < 4.78 is 10.4. The first-order chi connectivity index (χ1) is 12.5. The van der Waals surface area contributed by atoms with Crippen LogP contribution in [0.4, 0.5) is 16.2 Å². The monoisotopic (exact) mass is 375 g/mol. The number of carbonyl (C=O) groups excluding carboxylic acids is 2. The summed E-state index contributed by atoms with van der Waals surface area (Å²) in [4.78, 5) is 26.0. The third-order valence-electron chi connectivity index (χ3n) is 4.00. The van der Waals surface area contributed by atoms with Crippen molar-refractivity contribution in [3.63, 3.8) is 0 Å². The molecule has 0 atom stereocenters. The second-order valence-corrected chi connectivity index (χ2v) is 5.98. The van der Waals surface area contributed by atoms with E-state index in [9.17, 15) is 9.59 Å². The summed E-state index contributed by atoms with van der Waals surface area (Å²) in [5, 5.41) is 5.86. The number of rotatable bonds is 5. The van der Waals surface area contributed by atoms with E-state index in [1.165, 1.54) is 14.2 Å². The molecule has 3 rings (SSSR count). The van der Waals surface area contributed by atoms with Crippen LogP contribution in [0.3, 0.4) is 0 Å². The molecule has 26 heavy (non-hydrogen) atoms. The number of anilines is 2. The number of methoxy groups -OCH3 is 2. The van der Waals surface area contributed by atoms with Gasteiger partial charge in [0.25, 0.3) is 5.91 Å². The van der Waals surface area contributed by atoms with E-state index in [-0.39, 0.29) is 11.9 Å². The Morgan fingerprint density at radius 3 is 2.62 bits per heavy atom. The van der Waals surface area contributed by atoms with E-state index in [1.807, 2.05) is 0 Å². The molecule has 8 heteroatoms. The second kappa shape index (κ2) is 7.53. The van der Waals surface area contributed by atoms with Crippen LogP contribution in [0.5, 0.6) is 11.5 Å². The summed E-state index contributed by atoms with van der Waals surface area (Å²) in [6, 6.07) is 9.84. The Kier molecular flexibility index (Phi) is 5.18. The Morgan fingerprint density at radius 2 is 1.96 bits per heavy atom. The standard InChI is InChI=1S/C18H18ClN3O4/c1-25-15-10-16(26-2)14(9-13(15)19)21-17(23)11-4-3-5-12(8-11)22-7-6-20-18(22)24/h3-5,8-10H,6-7H2,1-2H3,(H,20,24)(H,21,23). The van der Waals surface area contributed by atoms with Gasteiger partial charge in [-0.1, -0.05) is 17.7 Å². The lowest BCUT2D eigenvalue weighted by molar-refractivity contribution is 0.102. The van der Waals surface area contributed by atoms with Crippen LogP contribution in [0.15, 0.2) is 36.4 Å². The predicted molar refractivity (Wildman–Crippen MR) is 99.7 cm³/mol. The van der Waals surface area contributed by atoms with Gasteiger partial charge in [-0.15, -0.1) is 0 Å². The highest BCUT2D eigenvalue weighted by atomic mass is 35.5. The molecule has 1 aliphatic rings. The van der Waals surface area contributed by atoms with Crippen molar-refractivity contribution in [3.8, 4) is 11.5 Å². The van der Waals surface area contributed by atoms with E-state index in [4.69, 9.17) is 21.1 Å². The lowest BCUT2D eigenvalue weighted by Crippen LogP contribution is -2.27. The number of ether oxygens (including phenoxy) is 2. The van der Waals surface area contributed by atoms with Crippen LogP contribution in [0.1, 0.15) is 10.4 Å². The van der Waals surface area contributed by atoms with Gasteiger partial charge in [0.1, 0.15) is 11.5 Å². The van der Waals surface area contributed by atoms with Crippen molar-refractivity contribution in [1.82, 2.24) is 5.32 Å². The third kappa shape index (κ3) is 3.52. The van der Waals surface area contributed by atoms with Gasteiger partial charge in [-0.3, -0.25) is 9.69 Å². The lowest BCUT2D eigenvalue weighted by atomic mass is 10.1. The molecule has 2 N–H and O–H groups in total. The molecule has 0 unspecified atom stereocenters. The summed E-state index contributed by atoms with van der Waals surface area (Å²) in [5.74, 6) is 0.532. The molecular formula is C18H18ClN3O4. The van der Waals surface area contributed by atoms with Crippen LogP contribution in [0.2, 0.25) is 5.02 Å². The number of benzene rings is 2. The molecule has 1 heterocycles. The van der Waals surface area contributed by atoms with E-state index in [1.54, 1.807) is 41.3 Å². The highest BCUT2D eigenvalue weighted by Gasteiger charge is 2.22. The summed E-state index contributed by atoms with van der Waals surface area (Å²) in [6.07, 6.45) is 0. The van der Waals surface area contributed by atoms with E-state index in [2.05, 4.69) is 10.6 Å². The molecule has 2 aromatic rings. The van der Waals surface area contributed by atoms with Crippen molar-refractivity contribution in [1.29, 1.82) is 0 Å². The van der Waals surface area contributed by atoms with Crippen molar-refractivity contribution in [2.45, 2.75) is 0 Å². The minimum atomic E-state index is -0.342. The second-order valence-electron chi connectivity index (χ2n) is 5.58. The molecule has 0 bridgehead atoms. The first-order valence-electron chi connectivity index (χ1n) is 7.92. The van der Waals surface area contributed by atoms with Crippen LogP contribution >= 0.6 is 11.6 Å². The molecule has 0 radical (unpaired) electrons. The molecule has 136 valence electrons. The molecule has 2 aromatic carbocycles. The SMILES string of the molecule is COc1cc(OC)c(NC(=O)c2cccc(N3CCNC3=O)c2)cc1Cl. The first kappa shape index (κ1) is 17.9. The van der Waals surface area contributed by atoms with Gasteiger partial charge >= 0.3 is 6.03 Å². The zero-order chi connectivity index (χ0) is 18.7. The van der Waals surface area contributed by atoms with Crippen molar-refractivity contribution in [2.24, 2.45) is 0 Å². The molecule has 1 fully saturated rings. The Bertz CT molecular complexity index is 856. The number of hydrogen-bond donors (Lipinski definition) is 2. The Hall–Kier alpha value is -2.93. The average molecular weight is 376 g/mol. The molecule has 0 aromatic heterocycles. The average Bonchev–Trinajstić information content (AvgIpc) is 3.08. The molecule has 3 amide bonds. The van der Waals surface area contributed by atoms with Gasteiger partial charge in [-0.25, -0.2) is 4.79 Å². The molecule has 1 saturated heterocycles. The number of nitrogens with zero attached hydrogens (tertiary/aromatic N) is 1. The molecular weight excluding hydrogens is 358 g/mol. The van der Waals surface area contributed by atoms with Crippen molar-refractivity contribution < 1.29 is 19.1 Å². The first-order valence-corrected chi connectivity index (χ1v) is 8.29. The number of urea groups is 1. The van der Waals surface area contributed by atoms with Crippen LogP contribution in [0.25, 0.3) is 0 Å². The molecule has 0 saturated carbocycles. The summed E-state index contributed by atoms with van der Waals surface area (Å²) in [6.45, 7) is 1.14. The number of amides is 3. The number of carbonyl (C=O) groups is 2. The summed E-state index contributed by atoms with van der Waals surface area (Å²) >= 11 is 6.13. The van der Waals surface area contributed by atoms with Crippen LogP contribution in [0, 0.1) is 0 Å². The normalized spacial score (nSPS) is 13.3. The van der Waals surface area contributed by atoms with Gasteiger partial charge < -0.3 is 20.1 Å². The van der Waals surface area contributed by atoms with E-state index in [0.29, 0.717) is 46.5 Å². The summed E-state index contributed by atoms with van der Waals surface area (Å²) in [5.41, 5.74) is 1.50. The Balaban J connectivity index is 1.85. The van der Waals surface area contributed by atoms with Crippen LogP contribution < -0.4 is 25.0 Å². The van der Waals surface area contributed by atoms with Gasteiger partial charge in [0, 0.05) is 30.4 Å². The van der Waals surface area contributed by atoms with Gasteiger partial charge in [0.15, 0.2) is 0 Å². The quantitative estimate of drug-likeness (QED) is 0.841. The molecule has 1 aliphatic heterocycles. The highest BCUT2D eigenvalue weighted by Crippen LogP contribution is 2.36. The Labute approximate surface area is 155 Å². The maximum Gasteiger partial charge on any atom is 0.321 e. The maximum absolute atomic E-state index is 12.6. The Morgan fingerprint density at radius 1 is 1.19 bits per heavy atom. The summed E-state index contributed by atoms with van der Waals surface area (Å²) in [7, 11) is 2.99. The van der Waals surface area contributed by atoms with Crippen LogP contribution in [-0.2, 0) is 0 Å². The number of halogens is 1. The molecule has 0 spiro atoms. The fourth-order valence-electron chi connectivity index (χ4n) is 2.69. The fourth-order valence-corrected chi connectivity index (χ4v) is 2.93. The van der Waals surface area contributed by atoms with Crippen LogP contribution in [-0.4, -0.2) is 39.2 Å². The maximum atomic E-state index is 12.6. The van der Waals surface area contributed by atoms with Gasteiger partial charge in [0.2, 0.25) is 0 Å². The van der Waals surface area contributed by atoms with E-state index >= 15 is 0 Å². The zero-order valence-electron chi connectivity index (χ0n) is 14.3. The topological polar surface area (TPSA) is 79.9 Å². The third-order valence-corrected chi connectivity index (χ3v) is 4.29. The molecule has 7 nitrogen and oxygen atoms in total. The minimum Gasteiger partial charge on any atom is -0.495 e. The zero-order valence-corrected chi connectivity index (χ0v) is 15.1. The highest BCUT2D eigenvalue weighted by molar-refractivity contribution is 6.32. The van der Waals surface area contributed by atoms with Gasteiger partial charge in [-0.2, -0.15) is 0 Å². The predicted octanol–water partition coefficient (Wildman–Crippen LogP) is 3.14. The van der Waals surface area contributed by atoms with Crippen molar-refractivity contribution in [2.75, 3.05) is 37.5 Å².